The van der Waals surface area contributed by atoms with Crippen molar-refractivity contribution in [2.24, 2.45) is 0 Å². The standard InChI is InChI=1S/C20H18N2O6S/c23-18-11-29-20(25)22(18)10-13-2-1-3-14(8-13)19(24)21-6-7-26-15-4-5-16-17(9-15)28-12-27-16/h1-5,8-9H,6-7,10-12H2,(H,21,24). The molecule has 4 rings (SSSR count). The number of hydrogen-bond donors (Lipinski definition) is 1. The molecule has 3 amide bonds. The van der Waals surface area contributed by atoms with Crippen molar-refractivity contribution in [3.8, 4) is 17.2 Å². The van der Waals surface area contributed by atoms with E-state index in [4.69, 9.17) is 14.2 Å². The van der Waals surface area contributed by atoms with Crippen molar-refractivity contribution in [2.75, 3.05) is 25.7 Å². The number of fused-ring (bicyclic) bond motifs is 1. The molecule has 0 aliphatic carbocycles. The Morgan fingerprint density at radius 3 is 2.83 bits per heavy atom. The largest absolute Gasteiger partial charge is 0.492 e. The third-order valence-corrected chi connectivity index (χ3v) is 5.23. The first-order chi connectivity index (χ1) is 14.1. The molecule has 0 aromatic heterocycles. The van der Waals surface area contributed by atoms with Crippen molar-refractivity contribution < 1.29 is 28.6 Å². The molecule has 0 spiro atoms. The normalized spacial score (nSPS) is 15.0. The van der Waals surface area contributed by atoms with Crippen LogP contribution in [0.4, 0.5) is 4.79 Å². The van der Waals surface area contributed by atoms with Gasteiger partial charge in [0, 0.05) is 11.6 Å². The third-order valence-electron chi connectivity index (χ3n) is 4.37. The first-order valence-corrected chi connectivity index (χ1v) is 9.95. The van der Waals surface area contributed by atoms with Crippen LogP contribution < -0.4 is 19.5 Å². The predicted molar refractivity (Wildman–Crippen MR) is 105 cm³/mol. The molecule has 2 aromatic carbocycles. The Morgan fingerprint density at radius 2 is 2.00 bits per heavy atom. The van der Waals surface area contributed by atoms with E-state index in [0.717, 1.165) is 17.3 Å². The number of carbonyl (C=O) groups is 3. The van der Waals surface area contributed by atoms with Gasteiger partial charge < -0.3 is 19.5 Å². The van der Waals surface area contributed by atoms with E-state index in [1.165, 1.54) is 4.90 Å². The molecule has 1 N–H and O–H groups in total. The van der Waals surface area contributed by atoms with E-state index < -0.39 is 0 Å². The van der Waals surface area contributed by atoms with Crippen molar-refractivity contribution >= 4 is 28.8 Å². The lowest BCUT2D eigenvalue weighted by Crippen LogP contribution is -2.29. The summed E-state index contributed by atoms with van der Waals surface area (Å²) < 4.78 is 16.2. The smallest absolute Gasteiger partial charge is 0.289 e. The lowest BCUT2D eigenvalue weighted by Gasteiger charge is -2.13. The molecule has 0 unspecified atom stereocenters. The van der Waals surface area contributed by atoms with E-state index in [9.17, 15) is 14.4 Å². The van der Waals surface area contributed by atoms with Crippen molar-refractivity contribution in [1.29, 1.82) is 0 Å². The number of benzene rings is 2. The van der Waals surface area contributed by atoms with Crippen LogP contribution in [0.2, 0.25) is 0 Å². The van der Waals surface area contributed by atoms with Crippen LogP contribution in [0.3, 0.4) is 0 Å². The fourth-order valence-corrected chi connectivity index (χ4v) is 3.65. The fourth-order valence-electron chi connectivity index (χ4n) is 2.93. The van der Waals surface area contributed by atoms with Crippen LogP contribution in [0, 0.1) is 0 Å². The van der Waals surface area contributed by atoms with Gasteiger partial charge in [-0.3, -0.25) is 19.3 Å². The average molecular weight is 414 g/mol. The Morgan fingerprint density at radius 1 is 1.14 bits per heavy atom. The van der Waals surface area contributed by atoms with Crippen molar-refractivity contribution in [3.05, 3.63) is 53.6 Å². The van der Waals surface area contributed by atoms with Crippen molar-refractivity contribution in [3.63, 3.8) is 0 Å². The van der Waals surface area contributed by atoms with E-state index in [-0.39, 0.29) is 36.1 Å². The van der Waals surface area contributed by atoms with E-state index >= 15 is 0 Å². The molecule has 2 aromatic rings. The van der Waals surface area contributed by atoms with Gasteiger partial charge in [-0.1, -0.05) is 23.9 Å². The van der Waals surface area contributed by atoms with Gasteiger partial charge in [0.15, 0.2) is 11.5 Å². The molecule has 8 nitrogen and oxygen atoms in total. The summed E-state index contributed by atoms with van der Waals surface area (Å²) in [4.78, 5) is 37.0. The Kier molecular flexibility index (Phi) is 5.57. The molecule has 0 saturated carbocycles. The number of imide groups is 1. The summed E-state index contributed by atoms with van der Waals surface area (Å²) in [6, 6.07) is 12.2. The molecular formula is C20H18N2O6S. The minimum absolute atomic E-state index is 0.166. The Bertz CT molecular complexity index is 948. The van der Waals surface area contributed by atoms with Crippen molar-refractivity contribution in [2.45, 2.75) is 6.54 Å². The topological polar surface area (TPSA) is 94.2 Å². The van der Waals surface area contributed by atoms with Gasteiger partial charge in [0.1, 0.15) is 12.4 Å². The summed E-state index contributed by atoms with van der Waals surface area (Å²) in [5.41, 5.74) is 1.18. The lowest BCUT2D eigenvalue weighted by atomic mass is 10.1. The number of carbonyl (C=O) groups excluding carboxylic acids is 3. The third kappa shape index (κ3) is 4.45. The molecule has 2 heterocycles. The second kappa shape index (κ2) is 8.44. The number of nitrogens with zero attached hydrogens (tertiary/aromatic N) is 1. The summed E-state index contributed by atoms with van der Waals surface area (Å²) in [5.74, 6) is 1.65. The molecule has 0 atom stereocenters. The summed E-state index contributed by atoms with van der Waals surface area (Å²) in [6.45, 7) is 0.974. The molecule has 1 fully saturated rings. The Labute approximate surface area is 171 Å². The zero-order valence-corrected chi connectivity index (χ0v) is 16.2. The molecule has 2 aliphatic rings. The molecule has 0 radical (unpaired) electrons. The molecule has 9 heteroatoms. The van der Waals surface area contributed by atoms with E-state index in [1.54, 1.807) is 42.5 Å². The van der Waals surface area contributed by atoms with Gasteiger partial charge >= 0.3 is 0 Å². The highest BCUT2D eigenvalue weighted by Gasteiger charge is 2.29. The maximum atomic E-state index is 12.4. The average Bonchev–Trinajstić information content (AvgIpc) is 3.32. The van der Waals surface area contributed by atoms with Gasteiger partial charge in [0.05, 0.1) is 18.8 Å². The summed E-state index contributed by atoms with van der Waals surface area (Å²) in [5, 5.41) is 2.53. The molecule has 2 aliphatic heterocycles. The maximum absolute atomic E-state index is 12.4. The van der Waals surface area contributed by atoms with E-state index in [2.05, 4.69) is 5.32 Å². The second-order valence-electron chi connectivity index (χ2n) is 6.35. The zero-order chi connectivity index (χ0) is 20.2. The highest BCUT2D eigenvalue weighted by atomic mass is 32.2. The maximum Gasteiger partial charge on any atom is 0.289 e. The number of rotatable bonds is 7. The molecule has 29 heavy (non-hydrogen) atoms. The van der Waals surface area contributed by atoms with Crippen LogP contribution >= 0.6 is 11.8 Å². The van der Waals surface area contributed by atoms with Crippen LogP contribution in [0.5, 0.6) is 17.2 Å². The van der Waals surface area contributed by atoms with E-state index in [0.29, 0.717) is 36.0 Å². The molecule has 1 saturated heterocycles. The fraction of sp³-hybridized carbons (Fsp3) is 0.250. The van der Waals surface area contributed by atoms with Gasteiger partial charge in [0.2, 0.25) is 12.7 Å². The SMILES string of the molecule is O=C(NCCOc1ccc2c(c1)OCO2)c1cccc(CN2C(=O)CSC2=O)c1. The first-order valence-electron chi connectivity index (χ1n) is 8.97. The Balaban J connectivity index is 1.27. The molecule has 0 bridgehead atoms. The lowest BCUT2D eigenvalue weighted by molar-refractivity contribution is -0.125. The number of hydrogen-bond acceptors (Lipinski definition) is 7. The van der Waals surface area contributed by atoms with Gasteiger partial charge in [0.25, 0.3) is 11.1 Å². The van der Waals surface area contributed by atoms with Crippen LogP contribution in [-0.4, -0.2) is 47.7 Å². The highest BCUT2D eigenvalue weighted by molar-refractivity contribution is 8.14. The quantitative estimate of drug-likeness (QED) is 0.696. The van der Waals surface area contributed by atoms with Crippen LogP contribution in [0.25, 0.3) is 0 Å². The number of amides is 3. The van der Waals surface area contributed by atoms with Gasteiger partial charge in [-0.2, -0.15) is 0 Å². The second-order valence-corrected chi connectivity index (χ2v) is 7.28. The monoisotopic (exact) mass is 414 g/mol. The van der Waals surface area contributed by atoms with Gasteiger partial charge in [-0.15, -0.1) is 0 Å². The zero-order valence-electron chi connectivity index (χ0n) is 15.4. The van der Waals surface area contributed by atoms with Crippen molar-refractivity contribution in [1.82, 2.24) is 10.2 Å². The minimum Gasteiger partial charge on any atom is -0.492 e. The number of thioether (sulfide) groups is 1. The Hall–Kier alpha value is -3.20. The van der Waals surface area contributed by atoms with Crippen LogP contribution in [-0.2, 0) is 11.3 Å². The highest BCUT2D eigenvalue weighted by Crippen LogP contribution is 2.35. The number of ether oxygens (including phenoxy) is 3. The van der Waals surface area contributed by atoms with Crippen LogP contribution in [0.15, 0.2) is 42.5 Å². The van der Waals surface area contributed by atoms with E-state index in [1.807, 2.05) is 0 Å². The molecular weight excluding hydrogens is 396 g/mol. The number of nitrogens with one attached hydrogen (secondary N) is 1. The summed E-state index contributed by atoms with van der Waals surface area (Å²) in [6.07, 6.45) is 0. The first kappa shape index (κ1) is 19.1. The molecule has 150 valence electrons. The van der Waals surface area contributed by atoms with Crippen LogP contribution in [0.1, 0.15) is 15.9 Å². The minimum atomic E-state index is -0.259. The summed E-state index contributed by atoms with van der Waals surface area (Å²) in [7, 11) is 0. The van der Waals surface area contributed by atoms with Gasteiger partial charge in [-0.25, -0.2) is 0 Å². The predicted octanol–water partition coefficient (Wildman–Crippen LogP) is 2.42. The summed E-state index contributed by atoms with van der Waals surface area (Å²) >= 11 is 0.991. The van der Waals surface area contributed by atoms with Gasteiger partial charge in [-0.05, 0) is 29.8 Å².